The molecule has 2 aromatic rings. The van der Waals surface area contributed by atoms with Gasteiger partial charge < -0.3 is 5.32 Å². The van der Waals surface area contributed by atoms with Crippen LogP contribution in [0.25, 0.3) is 4.85 Å². The van der Waals surface area contributed by atoms with Gasteiger partial charge in [0.25, 0.3) is 5.91 Å². The van der Waals surface area contributed by atoms with Crippen LogP contribution in [0.2, 0.25) is 0 Å². The molecule has 2 unspecified atom stereocenters. The Morgan fingerprint density at radius 1 is 1.37 bits per heavy atom. The highest BCUT2D eigenvalue weighted by molar-refractivity contribution is 5.98. The van der Waals surface area contributed by atoms with E-state index >= 15 is 0 Å². The van der Waals surface area contributed by atoms with Gasteiger partial charge in [-0.15, -0.1) is 0 Å². The highest BCUT2D eigenvalue weighted by atomic mass is 19.4. The molecule has 2 atom stereocenters. The minimum absolute atomic E-state index is 0.0547. The Morgan fingerprint density at radius 2 is 2.15 bits per heavy atom. The number of benzene rings is 1. The summed E-state index contributed by atoms with van der Waals surface area (Å²) >= 11 is 0. The quantitative estimate of drug-likeness (QED) is 0.774. The maximum absolute atomic E-state index is 13.1. The lowest BCUT2D eigenvalue weighted by Crippen LogP contribution is -2.37. The van der Waals surface area contributed by atoms with Gasteiger partial charge in [0, 0.05) is 24.5 Å². The van der Waals surface area contributed by atoms with Gasteiger partial charge >= 0.3 is 6.18 Å². The average molecular weight is 373 g/mol. The molecule has 1 aliphatic heterocycles. The molecule has 1 aromatic carbocycles. The smallest absolute Gasteiger partial charge is 0.324 e. The lowest BCUT2D eigenvalue weighted by molar-refractivity contribution is -0.136. The Labute approximate surface area is 153 Å². The van der Waals surface area contributed by atoms with Crippen molar-refractivity contribution in [1.29, 1.82) is 0 Å². The van der Waals surface area contributed by atoms with E-state index < -0.39 is 28.9 Å². The molecule has 1 aromatic heterocycles. The second kappa shape index (κ2) is 6.79. The van der Waals surface area contributed by atoms with Crippen LogP contribution in [0.5, 0.6) is 0 Å². The molecule has 1 aliphatic rings. The fraction of sp³-hybridized carbons (Fsp3) is 0.278. The van der Waals surface area contributed by atoms with Crippen LogP contribution in [0.4, 0.5) is 24.5 Å². The van der Waals surface area contributed by atoms with E-state index in [2.05, 4.69) is 25.4 Å². The van der Waals surface area contributed by atoms with E-state index in [9.17, 15) is 18.0 Å². The standard InChI is InChI=1S/C18H14F3N5O/c1-17(9-15(25-26-17)11-4-3-7-23-10-11)16(27)24-12-5-6-14(22-2)13(8-12)18(19,20)21/h3-8,10,15H,9H2,1H3,(H,24,27). The second-order valence-corrected chi connectivity index (χ2v) is 6.29. The van der Waals surface area contributed by atoms with Crippen molar-refractivity contribution in [2.45, 2.75) is 31.1 Å². The SMILES string of the molecule is [C-]#[N+]c1ccc(NC(=O)C2(C)CC(c3cccnc3)N=N2)cc1C(F)(F)F. The van der Waals surface area contributed by atoms with Gasteiger partial charge in [-0.2, -0.15) is 23.4 Å². The van der Waals surface area contributed by atoms with Gasteiger partial charge in [0.05, 0.1) is 12.1 Å². The number of nitrogens with zero attached hydrogens (tertiary/aromatic N) is 4. The molecule has 0 spiro atoms. The lowest BCUT2D eigenvalue weighted by Gasteiger charge is -2.20. The first-order valence-electron chi connectivity index (χ1n) is 7.95. The number of azo groups is 1. The number of carbonyl (C=O) groups excluding carboxylic acids is 1. The third kappa shape index (κ3) is 3.79. The first-order chi connectivity index (χ1) is 12.7. The summed E-state index contributed by atoms with van der Waals surface area (Å²) in [5, 5.41) is 10.6. The molecule has 138 valence electrons. The highest BCUT2D eigenvalue weighted by Crippen LogP contribution is 2.40. The molecule has 6 nitrogen and oxygen atoms in total. The number of carbonyl (C=O) groups is 1. The van der Waals surface area contributed by atoms with Gasteiger partial charge in [-0.25, -0.2) is 4.85 Å². The van der Waals surface area contributed by atoms with Crippen LogP contribution in [0.3, 0.4) is 0 Å². The zero-order chi connectivity index (χ0) is 19.7. The van der Waals surface area contributed by atoms with Crippen molar-refractivity contribution in [2.24, 2.45) is 10.2 Å². The number of amides is 1. The third-order valence-electron chi connectivity index (χ3n) is 4.25. The number of alkyl halides is 3. The van der Waals surface area contributed by atoms with E-state index in [4.69, 9.17) is 6.57 Å². The van der Waals surface area contributed by atoms with Crippen LogP contribution >= 0.6 is 0 Å². The number of pyridine rings is 1. The van der Waals surface area contributed by atoms with Gasteiger partial charge in [-0.3, -0.25) is 9.78 Å². The Bertz CT molecular complexity index is 936. The molecule has 0 bridgehead atoms. The molecule has 0 saturated carbocycles. The van der Waals surface area contributed by atoms with Gasteiger partial charge in [-0.1, -0.05) is 12.1 Å². The summed E-state index contributed by atoms with van der Waals surface area (Å²) in [6, 6.07) is 6.26. The Balaban J connectivity index is 1.78. The summed E-state index contributed by atoms with van der Waals surface area (Å²) < 4.78 is 39.2. The predicted octanol–water partition coefficient (Wildman–Crippen LogP) is 4.95. The molecule has 27 heavy (non-hydrogen) atoms. The fourth-order valence-corrected chi connectivity index (χ4v) is 2.76. The normalized spacial score (nSPS) is 21.7. The topological polar surface area (TPSA) is 71.1 Å². The number of hydrogen-bond acceptors (Lipinski definition) is 4. The summed E-state index contributed by atoms with van der Waals surface area (Å²) in [6.07, 6.45) is -1.17. The molecule has 9 heteroatoms. The summed E-state index contributed by atoms with van der Waals surface area (Å²) in [5.41, 5.74) is -2.08. The lowest BCUT2D eigenvalue weighted by atomic mass is 9.92. The first-order valence-corrected chi connectivity index (χ1v) is 7.95. The minimum Gasteiger partial charge on any atom is -0.324 e. The van der Waals surface area contributed by atoms with Gasteiger partial charge in [-0.05, 0) is 30.7 Å². The van der Waals surface area contributed by atoms with Crippen LogP contribution in [0.1, 0.15) is 30.5 Å². The maximum Gasteiger partial charge on any atom is 0.407 e. The maximum atomic E-state index is 13.1. The molecule has 0 radical (unpaired) electrons. The van der Waals surface area contributed by atoms with E-state index in [1.165, 1.54) is 6.07 Å². The van der Waals surface area contributed by atoms with E-state index in [0.29, 0.717) is 0 Å². The van der Waals surface area contributed by atoms with E-state index in [1.807, 2.05) is 6.07 Å². The van der Waals surface area contributed by atoms with Crippen molar-refractivity contribution >= 4 is 17.3 Å². The highest BCUT2D eigenvalue weighted by Gasteiger charge is 2.41. The van der Waals surface area contributed by atoms with Crippen molar-refractivity contribution in [3.8, 4) is 0 Å². The summed E-state index contributed by atoms with van der Waals surface area (Å²) in [5.74, 6) is -0.568. The number of aromatic nitrogens is 1. The number of hydrogen-bond donors (Lipinski definition) is 1. The predicted molar refractivity (Wildman–Crippen MR) is 91.2 cm³/mol. The fourth-order valence-electron chi connectivity index (χ4n) is 2.76. The van der Waals surface area contributed by atoms with Crippen molar-refractivity contribution in [3.63, 3.8) is 0 Å². The van der Waals surface area contributed by atoms with Crippen molar-refractivity contribution in [1.82, 2.24) is 4.98 Å². The molecule has 3 rings (SSSR count). The van der Waals surface area contributed by atoms with Gasteiger partial charge in [0.2, 0.25) is 0 Å². The van der Waals surface area contributed by atoms with Crippen LogP contribution < -0.4 is 5.32 Å². The largest absolute Gasteiger partial charge is 0.407 e. The summed E-state index contributed by atoms with van der Waals surface area (Å²) in [6.45, 7) is 8.42. The van der Waals surface area contributed by atoms with Crippen molar-refractivity contribution < 1.29 is 18.0 Å². The van der Waals surface area contributed by atoms with Crippen LogP contribution in [-0.4, -0.2) is 16.4 Å². The van der Waals surface area contributed by atoms with Gasteiger partial charge in [0.15, 0.2) is 11.2 Å². The Morgan fingerprint density at radius 3 is 2.78 bits per heavy atom. The summed E-state index contributed by atoms with van der Waals surface area (Å²) in [7, 11) is 0. The molecule has 0 fully saturated rings. The third-order valence-corrected chi connectivity index (χ3v) is 4.25. The second-order valence-electron chi connectivity index (χ2n) is 6.29. The van der Waals surface area contributed by atoms with E-state index in [1.54, 1.807) is 25.4 Å². The van der Waals surface area contributed by atoms with Crippen molar-refractivity contribution in [3.05, 3.63) is 65.3 Å². The zero-order valence-corrected chi connectivity index (χ0v) is 14.2. The molecule has 2 heterocycles. The van der Waals surface area contributed by atoms with Gasteiger partial charge in [0.1, 0.15) is 6.04 Å². The molecule has 1 amide bonds. The van der Waals surface area contributed by atoms with Crippen LogP contribution in [0.15, 0.2) is 53.0 Å². The van der Waals surface area contributed by atoms with E-state index in [-0.39, 0.29) is 18.2 Å². The van der Waals surface area contributed by atoms with Crippen molar-refractivity contribution in [2.75, 3.05) is 5.32 Å². The van der Waals surface area contributed by atoms with Crippen LogP contribution in [0, 0.1) is 6.57 Å². The minimum atomic E-state index is -4.69. The van der Waals surface area contributed by atoms with Crippen LogP contribution in [-0.2, 0) is 11.0 Å². The monoisotopic (exact) mass is 373 g/mol. The average Bonchev–Trinajstić information content (AvgIpc) is 3.05. The molecule has 1 N–H and O–H groups in total. The molecular formula is C18H14F3N5O. The number of halogens is 3. The number of nitrogens with one attached hydrogen (secondary N) is 1. The summed E-state index contributed by atoms with van der Waals surface area (Å²) in [4.78, 5) is 19.5. The first kappa shape index (κ1) is 18.5. The molecule has 0 aliphatic carbocycles. The van der Waals surface area contributed by atoms with E-state index in [0.717, 1.165) is 17.7 Å². The zero-order valence-electron chi connectivity index (χ0n) is 14.2. The number of rotatable bonds is 3. The number of anilines is 1. The molecule has 0 saturated heterocycles. The Hall–Kier alpha value is -3.28. The Kier molecular flexibility index (Phi) is 4.66. The molecular weight excluding hydrogens is 359 g/mol.